The van der Waals surface area contributed by atoms with Gasteiger partial charge < -0.3 is 15.2 Å². The normalized spacial score (nSPS) is 10.6. The highest BCUT2D eigenvalue weighted by atomic mass is 16.3. The molecule has 4 heteroatoms. The van der Waals surface area contributed by atoms with Crippen LogP contribution in [0.4, 0.5) is 0 Å². The smallest absolute Gasteiger partial charge is 0.166 e. The molecule has 0 heterocycles. The van der Waals surface area contributed by atoms with E-state index >= 15 is 0 Å². The molecule has 0 bridgehead atoms. The summed E-state index contributed by atoms with van der Waals surface area (Å²) in [4.78, 5) is 0. The Labute approximate surface area is 76.7 Å². The van der Waals surface area contributed by atoms with Crippen LogP contribution in [0, 0.1) is 0 Å². The van der Waals surface area contributed by atoms with Crippen molar-refractivity contribution in [1.29, 1.82) is 0 Å². The fourth-order valence-electron chi connectivity index (χ4n) is 0.831. The molecule has 0 fully saturated rings. The Balaban J connectivity index is 2.95. The van der Waals surface area contributed by atoms with Gasteiger partial charge in [-0.25, -0.2) is 0 Å². The maximum Gasteiger partial charge on any atom is 0.166 e. The Morgan fingerprint density at radius 1 is 1.31 bits per heavy atom. The van der Waals surface area contributed by atoms with Crippen LogP contribution >= 0.6 is 0 Å². The van der Waals surface area contributed by atoms with E-state index in [-0.39, 0.29) is 11.5 Å². The lowest BCUT2D eigenvalue weighted by Crippen LogP contribution is -2.01. The number of phenols is 2. The second kappa shape index (κ2) is 3.80. The Morgan fingerprint density at radius 3 is 2.62 bits per heavy atom. The van der Waals surface area contributed by atoms with Crippen molar-refractivity contribution in [1.82, 2.24) is 5.01 Å². The number of benzene rings is 1. The third kappa shape index (κ3) is 2.37. The predicted octanol–water partition coefficient (Wildman–Crippen LogP) is 0.993. The van der Waals surface area contributed by atoms with E-state index in [1.165, 1.54) is 12.3 Å². The molecule has 0 atom stereocenters. The second-order valence-corrected chi connectivity index (χ2v) is 2.81. The molecule has 2 N–H and O–H groups in total. The third-order valence-electron chi connectivity index (χ3n) is 1.47. The molecular formula is C9H12N2O2. The highest BCUT2D eigenvalue weighted by molar-refractivity contribution is 5.84. The van der Waals surface area contributed by atoms with Crippen molar-refractivity contribution in [3.05, 3.63) is 23.8 Å². The number of hydrazone groups is 1. The van der Waals surface area contributed by atoms with E-state index < -0.39 is 0 Å². The van der Waals surface area contributed by atoms with Crippen molar-refractivity contribution >= 4 is 6.21 Å². The summed E-state index contributed by atoms with van der Waals surface area (Å²) in [6.45, 7) is 0. The van der Waals surface area contributed by atoms with E-state index in [9.17, 15) is 5.11 Å². The first kappa shape index (κ1) is 9.38. The van der Waals surface area contributed by atoms with Gasteiger partial charge in [-0.1, -0.05) is 6.07 Å². The van der Waals surface area contributed by atoms with Gasteiger partial charge in [0.15, 0.2) is 11.5 Å². The van der Waals surface area contributed by atoms with Crippen molar-refractivity contribution in [2.45, 2.75) is 0 Å². The van der Waals surface area contributed by atoms with E-state index in [1.54, 1.807) is 31.2 Å². The monoisotopic (exact) mass is 180 g/mol. The first-order valence-corrected chi connectivity index (χ1v) is 3.83. The molecule has 0 aliphatic heterocycles. The van der Waals surface area contributed by atoms with Gasteiger partial charge in [0.05, 0.1) is 6.21 Å². The molecule has 4 nitrogen and oxygen atoms in total. The Morgan fingerprint density at radius 2 is 2.00 bits per heavy atom. The summed E-state index contributed by atoms with van der Waals surface area (Å²) < 4.78 is 0. The van der Waals surface area contributed by atoms with Crippen molar-refractivity contribution in [2.24, 2.45) is 5.10 Å². The summed E-state index contributed by atoms with van der Waals surface area (Å²) in [5.74, 6) is -0.282. The van der Waals surface area contributed by atoms with Crippen LogP contribution in [0.5, 0.6) is 11.5 Å². The third-order valence-corrected chi connectivity index (χ3v) is 1.47. The molecule has 0 aliphatic rings. The number of hydrogen-bond acceptors (Lipinski definition) is 4. The van der Waals surface area contributed by atoms with Crippen molar-refractivity contribution in [3.63, 3.8) is 0 Å². The van der Waals surface area contributed by atoms with Gasteiger partial charge in [0.1, 0.15) is 0 Å². The van der Waals surface area contributed by atoms with E-state index in [2.05, 4.69) is 5.10 Å². The van der Waals surface area contributed by atoms with Gasteiger partial charge in [-0.15, -0.1) is 0 Å². The molecular weight excluding hydrogens is 168 g/mol. The van der Waals surface area contributed by atoms with Crippen LogP contribution in [0.2, 0.25) is 0 Å². The fourth-order valence-corrected chi connectivity index (χ4v) is 0.831. The van der Waals surface area contributed by atoms with E-state index in [0.29, 0.717) is 5.56 Å². The standard InChI is InChI=1S/C9H12N2O2/c1-11(2)10-6-7-4-3-5-8(12)9(7)13/h3-6,12-13H,1-2H3. The van der Waals surface area contributed by atoms with Crippen LogP contribution in [0.3, 0.4) is 0 Å². The Hall–Kier alpha value is -1.71. The molecule has 0 aliphatic carbocycles. The molecule has 70 valence electrons. The van der Waals surface area contributed by atoms with Gasteiger partial charge in [-0.2, -0.15) is 5.10 Å². The number of aromatic hydroxyl groups is 2. The number of nitrogens with zero attached hydrogens (tertiary/aromatic N) is 2. The molecule has 13 heavy (non-hydrogen) atoms. The maximum atomic E-state index is 9.35. The predicted molar refractivity (Wildman–Crippen MR) is 51.1 cm³/mol. The molecule has 0 saturated carbocycles. The molecule has 1 rings (SSSR count). The van der Waals surface area contributed by atoms with Crippen LogP contribution in [-0.4, -0.2) is 35.5 Å². The van der Waals surface area contributed by atoms with Crippen LogP contribution in [0.25, 0.3) is 0 Å². The number of hydrogen-bond donors (Lipinski definition) is 2. The lowest BCUT2D eigenvalue weighted by Gasteiger charge is -2.04. The highest BCUT2D eigenvalue weighted by Crippen LogP contribution is 2.26. The van der Waals surface area contributed by atoms with Crippen LogP contribution in [-0.2, 0) is 0 Å². The van der Waals surface area contributed by atoms with Gasteiger partial charge in [-0.05, 0) is 12.1 Å². The Bertz CT molecular complexity index is 321. The molecule has 0 spiro atoms. The lowest BCUT2D eigenvalue weighted by molar-refractivity contribution is 0.402. The molecule has 0 unspecified atom stereocenters. The molecule has 1 aromatic rings. The summed E-state index contributed by atoms with van der Waals surface area (Å²) in [5.41, 5.74) is 0.494. The van der Waals surface area contributed by atoms with Gasteiger partial charge in [-0.3, -0.25) is 0 Å². The van der Waals surface area contributed by atoms with Gasteiger partial charge >= 0.3 is 0 Å². The number of rotatable bonds is 2. The highest BCUT2D eigenvalue weighted by Gasteiger charge is 2.02. The first-order valence-electron chi connectivity index (χ1n) is 3.83. The second-order valence-electron chi connectivity index (χ2n) is 2.81. The minimum atomic E-state index is -0.145. The van der Waals surface area contributed by atoms with Gasteiger partial charge in [0.25, 0.3) is 0 Å². The molecule has 0 aromatic heterocycles. The summed E-state index contributed by atoms with van der Waals surface area (Å²) in [6.07, 6.45) is 1.48. The molecule has 0 amide bonds. The van der Waals surface area contributed by atoms with Gasteiger partial charge in [0, 0.05) is 19.7 Å². The van der Waals surface area contributed by atoms with Crippen LogP contribution in [0.1, 0.15) is 5.56 Å². The lowest BCUT2D eigenvalue weighted by atomic mass is 10.2. The van der Waals surface area contributed by atoms with Gasteiger partial charge in [0.2, 0.25) is 0 Å². The summed E-state index contributed by atoms with van der Waals surface area (Å²) in [7, 11) is 3.55. The van der Waals surface area contributed by atoms with E-state index in [1.807, 2.05) is 0 Å². The zero-order valence-electron chi connectivity index (χ0n) is 7.60. The topological polar surface area (TPSA) is 56.1 Å². The zero-order chi connectivity index (χ0) is 9.84. The van der Waals surface area contributed by atoms with Crippen LogP contribution < -0.4 is 0 Å². The Kier molecular flexibility index (Phi) is 2.74. The largest absolute Gasteiger partial charge is 0.504 e. The number of phenolic OH excluding ortho intramolecular Hbond substituents is 2. The average Bonchev–Trinajstić information content (AvgIpc) is 2.07. The summed E-state index contributed by atoms with van der Waals surface area (Å²) in [5, 5.41) is 24.0. The van der Waals surface area contributed by atoms with Crippen molar-refractivity contribution in [3.8, 4) is 11.5 Å². The molecule has 0 radical (unpaired) electrons. The van der Waals surface area contributed by atoms with E-state index in [4.69, 9.17) is 5.11 Å². The minimum Gasteiger partial charge on any atom is -0.504 e. The summed E-state index contributed by atoms with van der Waals surface area (Å²) in [6, 6.07) is 4.73. The quantitative estimate of drug-likeness (QED) is 0.405. The van der Waals surface area contributed by atoms with E-state index in [0.717, 1.165) is 0 Å². The maximum absolute atomic E-state index is 9.35. The van der Waals surface area contributed by atoms with Crippen molar-refractivity contribution in [2.75, 3.05) is 14.1 Å². The van der Waals surface area contributed by atoms with Crippen molar-refractivity contribution < 1.29 is 10.2 Å². The molecule has 0 saturated heterocycles. The van der Waals surface area contributed by atoms with Crippen LogP contribution in [0.15, 0.2) is 23.3 Å². The summed E-state index contributed by atoms with van der Waals surface area (Å²) >= 11 is 0. The number of para-hydroxylation sites is 1. The SMILES string of the molecule is CN(C)N=Cc1cccc(O)c1O. The first-order chi connectivity index (χ1) is 6.11. The minimum absolute atomic E-state index is 0.136. The molecule has 1 aromatic carbocycles. The average molecular weight is 180 g/mol. The fraction of sp³-hybridized carbons (Fsp3) is 0.222. The zero-order valence-corrected chi connectivity index (χ0v) is 7.60.